The number of aromatic nitrogens is 2. The van der Waals surface area contributed by atoms with Gasteiger partial charge in [0, 0.05) is 6.07 Å². The second-order valence-corrected chi connectivity index (χ2v) is 7.27. The summed E-state index contributed by atoms with van der Waals surface area (Å²) in [5.74, 6) is -2.61. The first kappa shape index (κ1) is 23.6. The van der Waals surface area contributed by atoms with Crippen LogP contribution in [-0.2, 0) is 27.0 Å². The molecule has 1 amide bonds. The van der Waals surface area contributed by atoms with Gasteiger partial charge in [-0.1, -0.05) is 6.07 Å². The Morgan fingerprint density at radius 1 is 1.30 bits per heavy atom. The normalized spacial score (nSPS) is 11.2. The van der Waals surface area contributed by atoms with Crippen molar-refractivity contribution < 1.29 is 36.8 Å². The number of esters is 1. The number of ether oxygens (including phenoxy) is 1. The minimum absolute atomic E-state index is 0.0841. The van der Waals surface area contributed by atoms with Crippen molar-refractivity contribution in [2.45, 2.75) is 19.1 Å². The van der Waals surface area contributed by atoms with Crippen molar-refractivity contribution in [2.24, 2.45) is 0 Å². The number of carbonyl (C=O) groups excluding carboxylic acids is 2. The van der Waals surface area contributed by atoms with Gasteiger partial charge in [0.05, 0.1) is 28.3 Å². The van der Waals surface area contributed by atoms with Gasteiger partial charge in [-0.05, 0) is 23.6 Å². The number of halogens is 3. The first-order chi connectivity index (χ1) is 15.5. The van der Waals surface area contributed by atoms with Crippen molar-refractivity contribution in [1.82, 2.24) is 9.78 Å². The molecule has 0 aliphatic carbocycles. The number of thiophene rings is 1. The van der Waals surface area contributed by atoms with Gasteiger partial charge in [-0.3, -0.25) is 19.7 Å². The zero-order valence-electron chi connectivity index (χ0n) is 16.3. The molecule has 0 spiro atoms. The summed E-state index contributed by atoms with van der Waals surface area (Å²) in [5.41, 5.74) is -2.73. The lowest BCUT2D eigenvalue weighted by Crippen LogP contribution is -2.23. The van der Waals surface area contributed by atoms with Crippen LogP contribution in [0, 0.1) is 10.1 Å². The highest BCUT2D eigenvalue weighted by molar-refractivity contribution is 7.13. The third kappa shape index (κ3) is 6.03. The van der Waals surface area contributed by atoms with Crippen LogP contribution in [0.5, 0.6) is 0 Å². The number of amides is 1. The average Bonchev–Trinajstić information content (AvgIpc) is 3.40. The molecule has 0 aliphatic rings. The third-order valence-corrected chi connectivity index (χ3v) is 4.88. The topological polar surface area (TPSA) is 147 Å². The van der Waals surface area contributed by atoms with Crippen LogP contribution in [0.25, 0.3) is 10.8 Å². The molecule has 0 saturated heterocycles. The summed E-state index contributed by atoms with van der Waals surface area (Å²) >= 11 is 1.30. The Bertz CT molecular complexity index is 1230. The Morgan fingerprint density at radius 3 is 2.70 bits per heavy atom. The van der Waals surface area contributed by atoms with Crippen LogP contribution in [0.1, 0.15) is 12.0 Å². The van der Waals surface area contributed by atoms with E-state index in [-0.39, 0.29) is 24.9 Å². The molecular formula is C18H13F3N4O7S. The minimum Gasteiger partial charge on any atom is -0.456 e. The molecule has 33 heavy (non-hydrogen) atoms. The maximum Gasteiger partial charge on any atom is 0.437 e. The number of hydrogen-bond acceptors (Lipinski definition) is 9. The van der Waals surface area contributed by atoms with Crippen molar-refractivity contribution in [3.8, 4) is 10.8 Å². The number of hydrogen-bond donors (Lipinski definition) is 1. The van der Waals surface area contributed by atoms with E-state index in [4.69, 9.17) is 9.15 Å². The van der Waals surface area contributed by atoms with Crippen LogP contribution in [0.4, 0.5) is 24.5 Å². The van der Waals surface area contributed by atoms with E-state index in [0.29, 0.717) is 10.9 Å². The van der Waals surface area contributed by atoms with Crippen LogP contribution < -0.4 is 11.1 Å². The van der Waals surface area contributed by atoms with E-state index in [2.05, 4.69) is 5.10 Å². The molecule has 174 valence electrons. The Balaban J connectivity index is 1.53. The molecule has 1 N–H and O–H groups in total. The van der Waals surface area contributed by atoms with Gasteiger partial charge in [-0.25, -0.2) is 4.79 Å². The predicted octanol–water partition coefficient (Wildman–Crippen LogP) is 3.06. The Hall–Kier alpha value is -4.01. The molecule has 0 radical (unpaired) electrons. The zero-order chi connectivity index (χ0) is 24.2. The number of rotatable bonds is 8. The number of nitro groups is 1. The lowest BCUT2D eigenvalue weighted by Gasteiger charge is -2.10. The van der Waals surface area contributed by atoms with E-state index in [1.807, 2.05) is 5.32 Å². The Kier molecular flexibility index (Phi) is 6.91. The molecule has 0 saturated carbocycles. The maximum absolute atomic E-state index is 12.7. The van der Waals surface area contributed by atoms with Crippen LogP contribution >= 0.6 is 11.3 Å². The van der Waals surface area contributed by atoms with E-state index >= 15 is 0 Å². The standard InChI is InChI=1S/C18H13F3N4O7S/c19-18(20,21)10-3-4-11(12(8-10)25(29)30)22-14(26)9-31-15(27)5-6-24-17(28)32-16(23-24)13-2-1-7-33-13/h1-4,7-8H,5-6,9H2,(H,22,26). The molecule has 3 rings (SSSR count). The molecular weight excluding hydrogens is 473 g/mol. The second-order valence-electron chi connectivity index (χ2n) is 6.32. The number of nitrogens with one attached hydrogen (secondary N) is 1. The van der Waals surface area contributed by atoms with Crippen LogP contribution in [-0.4, -0.2) is 33.2 Å². The van der Waals surface area contributed by atoms with Crippen molar-refractivity contribution in [2.75, 3.05) is 11.9 Å². The van der Waals surface area contributed by atoms with Gasteiger partial charge < -0.3 is 14.5 Å². The fraction of sp³-hybridized carbons (Fsp3) is 0.222. The summed E-state index contributed by atoms with van der Waals surface area (Å²) in [6.45, 7) is -1.05. The molecule has 0 bridgehead atoms. The van der Waals surface area contributed by atoms with Crippen LogP contribution in [0.2, 0.25) is 0 Å². The number of anilines is 1. The number of nitro benzene ring substituents is 1. The first-order valence-corrected chi connectivity index (χ1v) is 9.85. The van der Waals surface area contributed by atoms with Crippen LogP contribution in [0.15, 0.2) is 44.9 Å². The summed E-state index contributed by atoms with van der Waals surface area (Å²) in [4.78, 5) is 46.1. The van der Waals surface area contributed by atoms with Gasteiger partial charge in [0.1, 0.15) is 5.69 Å². The van der Waals surface area contributed by atoms with E-state index in [1.54, 1.807) is 17.5 Å². The fourth-order valence-corrected chi connectivity index (χ4v) is 3.16. The summed E-state index contributed by atoms with van der Waals surface area (Å²) in [7, 11) is 0. The van der Waals surface area contributed by atoms with E-state index < -0.39 is 52.3 Å². The first-order valence-electron chi connectivity index (χ1n) is 8.97. The lowest BCUT2D eigenvalue weighted by atomic mass is 10.1. The minimum atomic E-state index is -4.81. The number of aryl methyl sites for hydroxylation is 1. The van der Waals surface area contributed by atoms with Crippen LogP contribution in [0.3, 0.4) is 0 Å². The van der Waals surface area contributed by atoms with Gasteiger partial charge in [0.15, 0.2) is 6.61 Å². The number of alkyl halides is 3. The maximum atomic E-state index is 12.7. The quantitative estimate of drug-likeness (QED) is 0.290. The highest BCUT2D eigenvalue weighted by atomic mass is 32.1. The molecule has 3 aromatic rings. The Morgan fingerprint density at radius 2 is 2.06 bits per heavy atom. The van der Waals surface area contributed by atoms with Gasteiger partial charge in [0.2, 0.25) is 0 Å². The molecule has 0 atom stereocenters. The number of benzene rings is 1. The largest absolute Gasteiger partial charge is 0.456 e. The lowest BCUT2D eigenvalue weighted by molar-refractivity contribution is -0.384. The third-order valence-electron chi connectivity index (χ3n) is 4.03. The molecule has 1 aromatic carbocycles. The smallest absolute Gasteiger partial charge is 0.437 e. The molecule has 11 nitrogen and oxygen atoms in total. The number of nitrogens with zero attached hydrogens (tertiary/aromatic N) is 3. The molecule has 2 heterocycles. The van der Waals surface area contributed by atoms with Crippen molar-refractivity contribution in [1.29, 1.82) is 0 Å². The molecule has 0 fully saturated rings. The highest BCUT2D eigenvalue weighted by Gasteiger charge is 2.33. The average molecular weight is 486 g/mol. The van der Waals surface area contributed by atoms with Crippen molar-refractivity contribution >= 4 is 34.6 Å². The van der Waals surface area contributed by atoms with Gasteiger partial charge >= 0.3 is 17.9 Å². The molecule has 0 aliphatic heterocycles. The summed E-state index contributed by atoms with van der Waals surface area (Å²) in [6.07, 6.45) is -5.15. The Labute approximate surface area is 185 Å². The molecule has 15 heteroatoms. The summed E-state index contributed by atoms with van der Waals surface area (Å²) < 4.78 is 48.8. The van der Waals surface area contributed by atoms with Crippen molar-refractivity contribution in [3.63, 3.8) is 0 Å². The van der Waals surface area contributed by atoms with Gasteiger partial charge in [-0.2, -0.15) is 17.9 Å². The highest BCUT2D eigenvalue weighted by Crippen LogP contribution is 2.34. The predicted molar refractivity (Wildman–Crippen MR) is 106 cm³/mol. The SMILES string of the molecule is O=C(COC(=O)CCn1nc(-c2cccs2)oc1=O)Nc1ccc(C(F)(F)F)cc1[N+](=O)[O-]. The zero-order valence-corrected chi connectivity index (χ0v) is 17.1. The molecule has 2 aromatic heterocycles. The fourth-order valence-electron chi connectivity index (χ4n) is 2.51. The van der Waals surface area contributed by atoms with Gasteiger partial charge in [0.25, 0.3) is 17.5 Å². The molecule has 0 unspecified atom stereocenters. The summed E-state index contributed by atoms with van der Waals surface area (Å²) in [5, 5.41) is 18.8. The summed E-state index contributed by atoms with van der Waals surface area (Å²) in [6, 6.07) is 4.99. The van der Waals surface area contributed by atoms with Crippen molar-refractivity contribution in [3.05, 3.63) is 61.9 Å². The van der Waals surface area contributed by atoms with Gasteiger partial charge in [-0.15, -0.1) is 16.4 Å². The van der Waals surface area contributed by atoms with E-state index in [9.17, 15) is 37.7 Å². The van der Waals surface area contributed by atoms with E-state index in [1.165, 1.54) is 11.3 Å². The monoisotopic (exact) mass is 486 g/mol. The second kappa shape index (κ2) is 9.64. The number of carbonyl (C=O) groups is 2. The van der Waals surface area contributed by atoms with E-state index in [0.717, 1.165) is 10.7 Å².